The van der Waals surface area contributed by atoms with Gasteiger partial charge in [0.15, 0.2) is 0 Å². The average Bonchev–Trinajstić information content (AvgIpc) is 2.84. The van der Waals surface area contributed by atoms with Gasteiger partial charge in [-0.2, -0.15) is 0 Å². The first kappa shape index (κ1) is 15.1. The molecular weight excluding hydrogens is 230 g/mol. The van der Waals surface area contributed by atoms with E-state index in [1.807, 2.05) is 0 Å². The topological polar surface area (TPSA) is 60.2 Å². The number of aromatic nitrogens is 2. The third-order valence-electron chi connectivity index (χ3n) is 2.64. The molecule has 1 aromatic heterocycles. The first-order valence-electron chi connectivity index (χ1n) is 6.95. The Balaban J connectivity index is 2.40. The van der Waals surface area contributed by atoms with Gasteiger partial charge in [0, 0.05) is 13.0 Å². The highest BCUT2D eigenvalue weighted by Gasteiger charge is 2.15. The van der Waals surface area contributed by atoms with Crippen molar-refractivity contribution >= 4 is 0 Å². The van der Waals surface area contributed by atoms with Gasteiger partial charge in [0.05, 0.1) is 12.6 Å². The van der Waals surface area contributed by atoms with Crippen molar-refractivity contribution in [2.24, 2.45) is 0 Å². The zero-order valence-corrected chi connectivity index (χ0v) is 11.7. The van der Waals surface area contributed by atoms with Crippen molar-refractivity contribution in [1.29, 1.82) is 0 Å². The number of hydrogen-bond acceptors (Lipinski definition) is 5. The summed E-state index contributed by atoms with van der Waals surface area (Å²) in [5.74, 6) is 1.36. The maximum Gasteiger partial charge on any atom is 0.233 e. The SMILES string of the molecule is CCCNC(CC)c1nnc(CCOCCC)o1. The normalized spacial score (nSPS) is 12.8. The first-order chi connectivity index (χ1) is 8.81. The molecule has 0 amide bonds. The average molecular weight is 255 g/mol. The van der Waals surface area contributed by atoms with Crippen LogP contribution in [0.1, 0.15) is 57.9 Å². The van der Waals surface area contributed by atoms with E-state index < -0.39 is 0 Å². The van der Waals surface area contributed by atoms with E-state index in [4.69, 9.17) is 9.15 Å². The van der Waals surface area contributed by atoms with Gasteiger partial charge in [-0.3, -0.25) is 0 Å². The zero-order valence-electron chi connectivity index (χ0n) is 11.7. The lowest BCUT2D eigenvalue weighted by Crippen LogP contribution is -2.21. The molecule has 18 heavy (non-hydrogen) atoms. The quantitative estimate of drug-likeness (QED) is 0.651. The van der Waals surface area contributed by atoms with Gasteiger partial charge in [-0.25, -0.2) is 0 Å². The molecule has 0 aliphatic rings. The molecule has 0 spiro atoms. The summed E-state index contributed by atoms with van der Waals surface area (Å²) in [4.78, 5) is 0. The van der Waals surface area contributed by atoms with Crippen LogP contribution >= 0.6 is 0 Å². The van der Waals surface area contributed by atoms with Gasteiger partial charge in [0.25, 0.3) is 0 Å². The Morgan fingerprint density at radius 1 is 1.17 bits per heavy atom. The van der Waals surface area contributed by atoms with Crippen molar-refractivity contribution in [1.82, 2.24) is 15.5 Å². The number of hydrogen-bond donors (Lipinski definition) is 1. The molecule has 0 aliphatic heterocycles. The largest absolute Gasteiger partial charge is 0.423 e. The van der Waals surface area contributed by atoms with Crippen LogP contribution in [0.3, 0.4) is 0 Å². The number of rotatable bonds is 10. The van der Waals surface area contributed by atoms with Crippen molar-refractivity contribution in [3.05, 3.63) is 11.8 Å². The van der Waals surface area contributed by atoms with Gasteiger partial charge in [0.1, 0.15) is 0 Å². The Hall–Kier alpha value is -0.940. The Morgan fingerprint density at radius 2 is 2.00 bits per heavy atom. The second-order valence-corrected chi connectivity index (χ2v) is 4.31. The summed E-state index contributed by atoms with van der Waals surface area (Å²) in [5.41, 5.74) is 0. The maximum absolute atomic E-state index is 5.65. The minimum Gasteiger partial charge on any atom is -0.423 e. The van der Waals surface area contributed by atoms with E-state index in [0.717, 1.165) is 32.4 Å². The van der Waals surface area contributed by atoms with Crippen molar-refractivity contribution in [3.8, 4) is 0 Å². The van der Waals surface area contributed by atoms with Crippen LogP contribution in [0.2, 0.25) is 0 Å². The summed E-state index contributed by atoms with van der Waals surface area (Å²) in [6.07, 6.45) is 3.78. The fraction of sp³-hybridized carbons (Fsp3) is 0.846. The molecule has 0 radical (unpaired) electrons. The van der Waals surface area contributed by atoms with E-state index in [2.05, 4.69) is 36.3 Å². The molecule has 0 aromatic carbocycles. The summed E-state index contributed by atoms with van der Waals surface area (Å²) < 4.78 is 11.1. The maximum atomic E-state index is 5.65. The molecule has 0 saturated heterocycles. The number of nitrogens with zero attached hydrogens (tertiary/aromatic N) is 2. The fourth-order valence-electron chi connectivity index (χ4n) is 1.64. The molecule has 1 atom stereocenters. The standard InChI is InChI=1S/C13H25N3O2/c1-4-8-14-11(6-3)13-16-15-12(18-13)7-10-17-9-5-2/h11,14H,4-10H2,1-3H3. The lowest BCUT2D eigenvalue weighted by molar-refractivity contribution is 0.133. The monoisotopic (exact) mass is 255 g/mol. The number of nitrogens with one attached hydrogen (secondary N) is 1. The van der Waals surface area contributed by atoms with Gasteiger partial charge < -0.3 is 14.5 Å². The van der Waals surface area contributed by atoms with Crippen LogP contribution in [0.4, 0.5) is 0 Å². The van der Waals surface area contributed by atoms with Crippen molar-refractivity contribution in [2.75, 3.05) is 19.8 Å². The van der Waals surface area contributed by atoms with Gasteiger partial charge in [0.2, 0.25) is 11.8 Å². The van der Waals surface area contributed by atoms with Gasteiger partial charge in [-0.1, -0.05) is 20.8 Å². The van der Waals surface area contributed by atoms with Crippen LogP contribution in [-0.4, -0.2) is 30.0 Å². The second-order valence-electron chi connectivity index (χ2n) is 4.31. The fourth-order valence-corrected chi connectivity index (χ4v) is 1.64. The van der Waals surface area contributed by atoms with Crippen LogP contribution in [0.25, 0.3) is 0 Å². The summed E-state index contributed by atoms with van der Waals surface area (Å²) in [5, 5.41) is 11.6. The van der Waals surface area contributed by atoms with E-state index >= 15 is 0 Å². The lowest BCUT2D eigenvalue weighted by atomic mass is 10.2. The van der Waals surface area contributed by atoms with E-state index in [0.29, 0.717) is 24.8 Å². The summed E-state index contributed by atoms with van der Waals surface area (Å²) in [6, 6.07) is 0.169. The Labute approximate surface area is 109 Å². The zero-order chi connectivity index (χ0) is 13.2. The van der Waals surface area contributed by atoms with Crippen LogP contribution in [0, 0.1) is 0 Å². The van der Waals surface area contributed by atoms with Crippen LogP contribution in [0.15, 0.2) is 4.42 Å². The minimum absolute atomic E-state index is 0.169. The lowest BCUT2D eigenvalue weighted by Gasteiger charge is -2.11. The third-order valence-corrected chi connectivity index (χ3v) is 2.64. The molecule has 1 aromatic rings. The smallest absolute Gasteiger partial charge is 0.233 e. The Kier molecular flexibility index (Phi) is 7.60. The van der Waals surface area contributed by atoms with Crippen molar-refractivity contribution in [3.63, 3.8) is 0 Å². The highest BCUT2D eigenvalue weighted by atomic mass is 16.5. The molecule has 0 bridgehead atoms. The van der Waals surface area contributed by atoms with E-state index in [9.17, 15) is 0 Å². The molecule has 0 aliphatic carbocycles. The van der Waals surface area contributed by atoms with Gasteiger partial charge in [-0.15, -0.1) is 10.2 Å². The van der Waals surface area contributed by atoms with Crippen LogP contribution in [-0.2, 0) is 11.2 Å². The highest BCUT2D eigenvalue weighted by molar-refractivity contribution is 4.89. The number of ether oxygens (including phenoxy) is 1. The second kappa shape index (κ2) is 9.05. The van der Waals surface area contributed by atoms with E-state index in [1.165, 1.54) is 0 Å². The molecule has 1 heterocycles. The minimum atomic E-state index is 0.169. The summed E-state index contributed by atoms with van der Waals surface area (Å²) in [6.45, 7) is 8.75. The van der Waals surface area contributed by atoms with Crippen LogP contribution in [0.5, 0.6) is 0 Å². The molecule has 5 heteroatoms. The van der Waals surface area contributed by atoms with Gasteiger partial charge in [-0.05, 0) is 25.8 Å². The predicted octanol–water partition coefficient (Wildman–Crippen LogP) is 2.49. The summed E-state index contributed by atoms with van der Waals surface area (Å²) >= 11 is 0. The molecule has 1 N–H and O–H groups in total. The molecule has 1 rings (SSSR count). The predicted molar refractivity (Wildman–Crippen MR) is 70.4 cm³/mol. The molecule has 1 unspecified atom stereocenters. The Bertz CT molecular complexity index is 315. The molecule has 104 valence electrons. The van der Waals surface area contributed by atoms with Gasteiger partial charge >= 0.3 is 0 Å². The first-order valence-corrected chi connectivity index (χ1v) is 6.95. The van der Waals surface area contributed by atoms with E-state index in [1.54, 1.807) is 0 Å². The third kappa shape index (κ3) is 5.14. The van der Waals surface area contributed by atoms with E-state index in [-0.39, 0.29) is 6.04 Å². The molecule has 0 fully saturated rings. The highest BCUT2D eigenvalue weighted by Crippen LogP contribution is 2.15. The van der Waals surface area contributed by atoms with Crippen molar-refractivity contribution in [2.45, 2.75) is 52.5 Å². The molecule has 5 nitrogen and oxygen atoms in total. The van der Waals surface area contributed by atoms with Crippen LogP contribution < -0.4 is 5.32 Å². The molecule has 0 saturated carbocycles. The van der Waals surface area contributed by atoms with Crippen molar-refractivity contribution < 1.29 is 9.15 Å². The molecular formula is C13H25N3O2. The summed E-state index contributed by atoms with van der Waals surface area (Å²) in [7, 11) is 0. The Morgan fingerprint density at radius 3 is 2.67 bits per heavy atom.